The van der Waals surface area contributed by atoms with Gasteiger partial charge in [0, 0.05) is 12.1 Å². The van der Waals surface area contributed by atoms with Crippen LogP contribution in [0.15, 0.2) is 21.6 Å². The molecule has 0 radical (unpaired) electrons. The minimum atomic E-state index is -3.73. The molecule has 0 aliphatic rings. The fourth-order valence-electron chi connectivity index (χ4n) is 2.35. The third kappa shape index (κ3) is 3.48. The van der Waals surface area contributed by atoms with Gasteiger partial charge in [-0.2, -0.15) is 0 Å². The van der Waals surface area contributed by atoms with Crippen LogP contribution in [0.4, 0.5) is 0 Å². The Morgan fingerprint density at radius 1 is 1.13 bits per heavy atom. The summed E-state index contributed by atoms with van der Waals surface area (Å²) in [6.45, 7) is 5.09. The Morgan fingerprint density at radius 2 is 1.78 bits per heavy atom. The summed E-state index contributed by atoms with van der Waals surface area (Å²) < 4.78 is 42.9. The third-order valence-electron chi connectivity index (χ3n) is 3.49. The van der Waals surface area contributed by atoms with Gasteiger partial charge in [0.2, 0.25) is 10.0 Å². The van der Waals surface area contributed by atoms with Crippen LogP contribution in [0.25, 0.3) is 0 Å². The van der Waals surface area contributed by atoms with E-state index in [4.69, 9.17) is 14.0 Å². The summed E-state index contributed by atoms with van der Waals surface area (Å²) in [5.74, 6) is 1.51. The second-order valence-corrected chi connectivity index (χ2v) is 6.82. The number of nitrogens with one attached hydrogen (secondary N) is 1. The summed E-state index contributed by atoms with van der Waals surface area (Å²) in [5, 5.41) is 3.67. The normalized spacial score (nSPS) is 11.5. The van der Waals surface area contributed by atoms with E-state index in [1.165, 1.54) is 7.11 Å². The van der Waals surface area contributed by atoms with Gasteiger partial charge in [-0.1, -0.05) is 5.16 Å². The zero-order valence-electron chi connectivity index (χ0n) is 13.8. The van der Waals surface area contributed by atoms with Gasteiger partial charge in [0.1, 0.15) is 22.1 Å². The average Bonchev–Trinajstić information content (AvgIpc) is 2.85. The van der Waals surface area contributed by atoms with E-state index >= 15 is 0 Å². The monoisotopic (exact) mass is 340 g/mol. The number of hydrogen-bond donors (Lipinski definition) is 1. The van der Waals surface area contributed by atoms with E-state index in [1.807, 2.05) is 6.92 Å². The molecule has 1 N–H and O–H groups in total. The van der Waals surface area contributed by atoms with Gasteiger partial charge in [0.25, 0.3) is 0 Å². The molecule has 0 unspecified atom stereocenters. The minimum absolute atomic E-state index is 0.0617. The van der Waals surface area contributed by atoms with Crippen LogP contribution < -0.4 is 14.2 Å². The van der Waals surface area contributed by atoms with Crippen molar-refractivity contribution >= 4 is 10.0 Å². The van der Waals surface area contributed by atoms with Crippen LogP contribution in [0.3, 0.4) is 0 Å². The van der Waals surface area contributed by atoms with Crippen molar-refractivity contribution in [1.29, 1.82) is 0 Å². The summed E-state index contributed by atoms with van der Waals surface area (Å²) in [4.78, 5) is 0.0653. The van der Waals surface area contributed by atoms with Crippen molar-refractivity contribution < 1.29 is 22.4 Å². The number of sulfonamides is 1. The van der Waals surface area contributed by atoms with Crippen LogP contribution in [0.2, 0.25) is 0 Å². The summed E-state index contributed by atoms with van der Waals surface area (Å²) in [6, 6.07) is 3.56. The molecule has 0 bridgehead atoms. The lowest BCUT2D eigenvalue weighted by atomic mass is 10.1. The Bertz CT molecular complexity index is 792. The fourth-order valence-corrected chi connectivity index (χ4v) is 3.69. The van der Waals surface area contributed by atoms with Crippen molar-refractivity contribution in [3.05, 3.63) is 34.7 Å². The zero-order chi connectivity index (χ0) is 17.2. The molecule has 0 aliphatic heterocycles. The molecule has 0 saturated heterocycles. The number of ether oxygens (including phenoxy) is 2. The molecule has 8 heteroatoms. The van der Waals surface area contributed by atoms with Gasteiger partial charge >= 0.3 is 0 Å². The second-order valence-electron chi connectivity index (χ2n) is 5.11. The molecule has 0 fully saturated rings. The smallest absolute Gasteiger partial charge is 0.246 e. The molecular weight excluding hydrogens is 320 g/mol. The maximum atomic E-state index is 12.4. The number of benzene rings is 1. The van der Waals surface area contributed by atoms with Gasteiger partial charge in [-0.3, -0.25) is 0 Å². The zero-order valence-corrected chi connectivity index (χ0v) is 14.6. The van der Waals surface area contributed by atoms with Crippen LogP contribution in [0, 0.1) is 20.8 Å². The van der Waals surface area contributed by atoms with Crippen LogP contribution in [0.5, 0.6) is 11.5 Å². The molecule has 1 aromatic carbocycles. The van der Waals surface area contributed by atoms with E-state index in [0.717, 1.165) is 5.56 Å². The maximum Gasteiger partial charge on any atom is 0.246 e. The lowest BCUT2D eigenvalue weighted by Gasteiger charge is -2.13. The van der Waals surface area contributed by atoms with Crippen molar-refractivity contribution in [2.45, 2.75) is 32.2 Å². The van der Waals surface area contributed by atoms with E-state index < -0.39 is 10.0 Å². The van der Waals surface area contributed by atoms with E-state index in [2.05, 4.69) is 9.88 Å². The van der Waals surface area contributed by atoms with Gasteiger partial charge in [0.15, 0.2) is 5.76 Å². The lowest BCUT2D eigenvalue weighted by molar-refractivity contribution is 0.390. The predicted molar refractivity (Wildman–Crippen MR) is 84.3 cm³/mol. The van der Waals surface area contributed by atoms with Gasteiger partial charge in [-0.15, -0.1) is 0 Å². The molecule has 1 heterocycles. The SMILES string of the molecule is COc1cc(CNS(=O)(=O)c2c(C)noc2C)c(OC)cc1C. The van der Waals surface area contributed by atoms with Crippen molar-refractivity contribution in [2.24, 2.45) is 0 Å². The first kappa shape index (κ1) is 17.3. The van der Waals surface area contributed by atoms with Crippen LogP contribution >= 0.6 is 0 Å². The number of nitrogens with zero attached hydrogens (tertiary/aromatic N) is 1. The summed E-state index contributed by atoms with van der Waals surface area (Å²) in [7, 11) is -0.636. The second kappa shape index (κ2) is 6.59. The highest BCUT2D eigenvalue weighted by atomic mass is 32.2. The maximum absolute atomic E-state index is 12.4. The summed E-state index contributed by atoms with van der Waals surface area (Å²) in [6.07, 6.45) is 0. The third-order valence-corrected chi connectivity index (χ3v) is 5.13. The molecule has 0 aliphatic carbocycles. The standard InChI is InChI=1S/C15H20N2O5S/c1-9-6-14(21-5)12(7-13(9)20-4)8-16-23(18,19)15-10(2)17-22-11(15)3/h6-7,16H,8H2,1-5H3. The van der Waals surface area contributed by atoms with Crippen molar-refractivity contribution in [3.63, 3.8) is 0 Å². The number of methoxy groups -OCH3 is 2. The quantitative estimate of drug-likeness (QED) is 0.866. The van der Waals surface area contributed by atoms with Crippen LogP contribution in [0.1, 0.15) is 22.6 Å². The highest BCUT2D eigenvalue weighted by Gasteiger charge is 2.24. The van der Waals surface area contributed by atoms with E-state index in [9.17, 15) is 8.42 Å². The number of hydrogen-bond acceptors (Lipinski definition) is 6. The predicted octanol–water partition coefficient (Wildman–Crippen LogP) is 2.10. The first-order valence-electron chi connectivity index (χ1n) is 6.94. The summed E-state index contributed by atoms with van der Waals surface area (Å²) in [5.41, 5.74) is 1.90. The minimum Gasteiger partial charge on any atom is -0.496 e. The van der Waals surface area contributed by atoms with Gasteiger partial charge in [0.05, 0.1) is 14.2 Å². The Kier molecular flexibility index (Phi) is 4.96. The van der Waals surface area contributed by atoms with Gasteiger partial charge in [-0.05, 0) is 38.5 Å². The van der Waals surface area contributed by atoms with Crippen molar-refractivity contribution in [2.75, 3.05) is 14.2 Å². The van der Waals surface area contributed by atoms with Crippen LogP contribution in [-0.4, -0.2) is 27.8 Å². The molecule has 2 rings (SSSR count). The highest BCUT2D eigenvalue weighted by Crippen LogP contribution is 2.28. The topological polar surface area (TPSA) is 90.7 Å². The molecule has 0 atom stereocenters. The lowest BCUT2D eigenvalue weighted by Crippen LogP contribution is -2.24. The Morgan fingerprint density at radius 3 is 2.30 bits per heavy atom. The molecule has 1 aromatic heterocycles. The molecule has 7 nitrogen and oxygen atoms in total. The van der Waals surface area contributed by atoms with Crippen molar-refractivity contribution in [1.82, 2.24) is 9.88 Å². The molecule has 0 spiro atoms. The number of aromatic nitrogens is 1. The van der Waals surface area contributed by atoms with Gasteiger partial charge < -0.3 is 14.0 Å². The van der Waals surface area contributed by atoms with Crippen molar-refractivity contribution in [3.8, 4) is 11.5 Å². The molecular formula is C15H20N2O5S. The first-order valence-corrected chi connectivity index (χ1v) is 8.42. The Balaban J connectivity index is 2.30. The van der Waals surface area contributed by atoms with E-state index in [-0.39, 0.29) is 17.2 Å². The molecule has 23 heavy (non-hydrogen) atoms. The fraction of sp³-hybridized carbons (Fsp3) is 0.400. The molecule has 0 saturated carbocycles. The molecule has 2 aromatic rings. The van der Waals surface area contributed by atoms with Gasteiger partial charge in [-0.25, -0.2) is 13.1 Å². The largest absolute Gasteiger partial charge is 0.496 e. The molecule has 0 amide bonds. The Hall–Kier alpha value is -2.06. The molecule has 126 valence electrons. The highest BCUT2D eigenvalue weighted by molar-refractivity contribution is 7.89. The summed E-state index contributed by atoms with van der Waals surface area (Å²) >= 11 is 0. The average molecular weight is 340 g/mol. The first-order chi connectivity index (χ1) is 10.8. The number of rotatable bonds is 6. The number of aryl methyl sites for hydroxylation is 3. The Labute approximate surface area is 135 Å². The van der Waals surface area contributed by atoms with Crippen LogP contribution in [-0.2, 0) is 16.6 Å². The van der Waals surface area contributed by atoms with E-state index in [0.29, 0.717) is 22.8 Å². The van der Waals surface area contributed by atoms with E-state index in [1.54, 1.807) is 33.1 Å².